The van der Waals surface area contributed by atoms with Crippen LogP contribution in [0.5, 0.6) is 0 Å². The summed E-state index contributed by atoms with van der Waals surface area (Å²) < 4.78 is 57.7. The molecule has 1 aromatic heterocycles. The summed E-state index contributed by atoms with van der Waals surface area (Å²) in [5.41, 5.74) is 0. The molecule has 3 N–H and O–H groups in total. The highest BCUT2D eigenvalue weighted by Gasteiger charge is 2.27. The van der Waals surface area contributed by atoms with Crippen molar-refractivity contribution in [1.29, 1.82) is 0 Å². The number of hydrogen-bond acceptors (Lipinski definition) is 4. The molecule has 1 heterocycles. The Morgan fingerprint density at radius 3 is 2.50 bits per heavy atom. The van der Waals surface area contributed by atoms with E-state index in [-0.39, 0.29) is 10.8 Å². The number of hydrogen-bond donors (Lipinski definition) is 2. The minimum absolute atomic E-state index is 0.0101. The summed E-state index contributed by atoms with van der Waals surface area (Å²) in [5.74, 6) is -0.689. The molecule has 5 nitrogen and oxygen atoms in total. The van der Waals surface area contributed by atoms with Crippen LogP contribution in [0.4, 0.5) is 13.2 Å². The zero-order valence-corrected chi connectivity index (χ0v) is 11.9. The number of rotatable bonds is 6. The number of carbonyl (C=O) groups excluding carboxylic acids is 1. The lowest BCUT2D eigenvalue weighted by Gasteiger charge is -2.06. The van der Waals surface area contributed by atoms with Gasteiger partial charge in [0, 0.05) is 17.8 Å². The molecule has 20 heavy (non-hydrogen) atoms. The summed E-state index contributed by atoms with van der Waals surface area (Å²) in [7, 11) is -3.74. The van der Waals surface area contributed by atoms with Gasteiger partial charge in [-0.2, -0.15) is 13.2 Å². The Morgan fingerprint density at radius 2 is 2.00 bits per heavy atom. The SMILES string of the molecule is NS(=O)(=O)c1ccc(CCNC(=O)CCC(F)(F)F)s1. The van der Waals surface area contributed by atoms with Crippen LogP contribution in [0.3, 0.4) is 0 Å². The first-order chi connectivity index (χ1) is 9.08. The number of nitrogens with one attached hydrogen (secondary N) is 1. The number of nitrogens with two attached hydrogens (primary N) is 1. The second kappa shape index (κ2) is 6.55. The Morgan fingerprint density at radius 1 is 1.35 bits per heavy atom. The number of thiophene rings is 1. The summed E-state index contributed by atoms with van der Waals surface area (Å²) in [6, 6.07) is 2.90. The Kier molecular flexibility index (Phi) is 5.54. The van der Waals surface area contributed by atoms with Crippen LogP contribution < -0.4 is 10.5 Å². The maximum atomic E-state index is 11.9. The van der Waals surface area contributed by atoms with Gasteiger partial charge in [-0.05, 0) is 18.6 Å². The van der Waals surface area contributed by atoms with Gasteiger partial charge in [0.25, 0.3) is 0 Å². The molecular weight excluding hydrogens is 317 g/mol. The third-order valence-corrected chi connectivity index (χ3v) is 4.83. The average Bonchev–Trinajstić information content (AvgIpc) is 2.74. The fourth-order valence-corrected chi connectivity index (χ4v) is 3.09. The lowest BCUT2D eigenvalue weighted by atomic mass is 10.3. The topological polar surface area (TPSA) is 89.3 Å². The molecule has 10 heteroatoms. The van der Waals surface area contributed by atoms with Crippen molar-refractivity contribution >= 4 is 27.3 Å². The third-order valence-electron chi connectivity index (χ3n) is 2.25. The van der Waals surface area contributed by atoms with Gasteiger partial charge >= 0.3 is 6.18 Å². The lowest BCUT2D eigenvalue weighted by Crippen LogP contribution is -2.26. The number of alkyl halides is 3. The quantitative estimate of drug-likeness (QED) is 0.826. The van der Waals surface area contributed by atoms with Crippen LogP contribution >= 0.6 is 11.3 Å². The van der Waals surface area contributed by atoms with Crippen LogP contribution in [0, 0.1) is 0 Å². The van der Waals surface area contributed by atoms with Gasteiger partial charge < -0.3 is 5.32 Å². The lowest BCUT2D eigenvalue weighted by molar-refractivity contribution is -0.144. The van der Waals surface area contributed by atoms with Crippen LogP contribution in [0.2, 0.25) is 0 Å². The van der Waals surface area contributed by atoms with E-state index in [4.69, 9.17) is 5.14 Å². The van der Waals surface area contributed by atoms with Gasteiger partial charge in [-0.1, -0.05) is 0 Å². The smallest absolute Gasteiger partial charge is 0.356 e. The van der Waals surface area contributed by atoms with Gasteiger partial charge in [0.15, 0.2) is 0 Å². The van der Waals surface area contributed by atoms with Crippen molar-refractivity contribution in [3.05, 3.63) is 17.0 Å². The van der Waals surface area contributed by atoms with Gasteiger partial charge in [-0.3, -0.25) is 4.79 Å². The standard InChI is InChI=1S/C10H13F3N2O3S2/c11-10(12,13)5-3-8(16)15-6-4-7-1-2-9(19-7)20(14,17)18/h1-2H,3-6H2,(H,15,16)(H2,14,17,18). The number of carbonyl (C=O) groups is 1. The fourth-order valence-electron chi connectivity index (χ4n) is 1.31. The number of sulfonamides is 1. The Balaban J connectivity index is 2.34. The molecule has 114 valence electrons. The van der Waals surface area contributed by atoms with Crippen molar-refractivity contribution in [3.8, 4) is 0 Å². The van der Waals surface area contributed by atoms with Crippen molar-refractivity contribution in [3.63, 3.8) is 0 Å². The summed E-state index contributed by atoms with van der Waals surface area (Å²) in [4.78, 5) is 11.8. The first-order valence-corrected chi connectivity index (χ1v) is 7.89. The molecule has 0 aliphatic heterocycles. The molecule has 0 fully saturated rings. The van der Waals surface area contributed by atoms with Gasteiger partial charge in [0.05, 0.1) is 6.42 Å². The van der Waals surface area contributed by atoms with E-state index >= 15 is 0 Å². The Hall–Kier alpha value is -1.13. The fraction of sp³-hybridized carbons (Fsp3) is 0.500. The molecule has 0 aliphatic carbocycles. The van der Waals surface area contributed by atoms with E-state index in [1.807, 2.05) is 0 Å². The second-order valence-electron chi connectivity index (χ2n) is 3.98. The van der Waals surface area contributed by atoms with Gasteiger partial charge in [-0.25, -0.2) is 13.6 Å². The highest BCUT2D eigenvalue weighted by atomic mass is 32.2. The molecule has 0 radical (unpaired) electrons. The highest BCUT2D eigenvalue weighted by molar-refractivity contribution is 7.91. The predicted octanol–water partition coefficient (Wildman–Crippen LogP) is 1.40. The van der Waals surface area contributed by atoms with E-state index in [2.05, 4.69) is 5.32 Å². The van der Waals surface area contributed by atoms with E-state index in [0.29, 0.717) is 11.3 Å². The van der Waals surface area contributed by atoms with Gasteiger partial charge in [0.2, 0.25) is 15.9 Å². The first kappa shape index (κ1) is 16.9. The van der Waals surface area contributed by atoms with Crippen molar-refractivity contribution in [1.82, 2.24) is 5.32 Å². The predicted molar refractivity (Wildman–Crippen MR) is 67.7 cm³/mol. The van der Waals surface area contributed by atoms with Gasteiger partial charge in [0.1, 0.15) is 4.21 Å². The van der Waals surface area contributed by atoms with Crippen molar-refractivity contribution < 1.29 is 26.4 Å². The average molecular weight is 330 g/mol. The van der Waals surface area contributed by atoms with E-state index in [1.54, 1.807) is 6.07 Å². The first-order valence-electron chi connectivity index (χ1n) is 5.53. The molecule has 0 aromatic carbocycles. The van der Waals surface area contributed by atoms with Crippen LogP contribution in [-0.2, 0) is 21.2 Å². The highest BCUT2D eigenvalue weighted by Crippen LogP contribution is 2.21. The Bertz CT molecular complexity index is 567. The molecule has 0 aliphatic rings. The number of halogens is 3. The monoisotopic (exact) mass is 330 g/mol. The van der Waals surface area contributed by atoms with Crippen LogP contribution in [0.15, 0.2) is 16.3 Å². The molecule has 0 saturated carbocycles. The number of amides is 1. The van der Waals surface area contributed by atoms with Crippen molar-refractivity contribution in [2.45, 2.75) is 29.6 Å². The molecule has 0 bridgehead atoms. The normalized spacial score (nSPS) is 12.4. The molecule has 0 spiro atoms. The molecule has 0 atom stereocenters. The largest absolute Gasteiger partial charge is 0.389 e. The van der Waals surface area contributed by atoms with Crippen LogP contribution in [-0.4, -0.2) is 27.0 Å². The zero-order chi connectivity index (χ0) is 15.4. The van der Waals surface area contributed by atoms with Crippen molar-refractivity contribution in [2.75, 3.05) is 6.54 Å². The van der Waals surface area contributed by atoms with Crippen LogP contribution in [0.1, 0.15) is 17.7 Å². The molecule has 0 unspecified atom stereocenters. The summed E-state index contributed by atoms with van der Waals surface area (Å²) >= 11 is 0.965. The Labute approximate surface area is 118 Å². The molecular formula is C10H13F3N2O3S2. The molecule has 1 rings (SSSR count). The van der Waals surface area contributed by atoms with E-state index < -0.39 is 34.9 Å². The maximum Gasteiger partial charge on any atom is 0.389 e. The second-order valence-corrected chi connectivity index (χ2v) is 6.94. The maximum absolute atomic E-state index is 11.9. The molecule has 0 saturated heterocycles. The minimum Gasteiger partial charge on any atom is -0.356 e. The van der Waals surface area contributed by atoms with E-state index in [0.717, 1.165) is 11.3 Å². The number of primary sulfonamides is 1. The minimum atomic E-state index is -4.35. The van der Waals surface area contributed by atoms with Gasteiger partial charge in [-0.15, -0.1) is 11.3 Å². The summed E-state index contributed by atoms with van der Waals surface area (Å²) in [6.45, 7) is 0.140. The van der Waals surface area contributed by atoms with Crippen LogP contribution in [0.25, 0.3) is 0 Å². The summed E-state index contributed by atoms with van der Waals surface area (Å²) in [5, 5.41) is 7.27. The molecule has 1 amide bonds. The zero-order valence-electron chi connectivity index (χ0n) is 10.2. The van der Waals surface area contributed by atoms with E-state index in [9.17, 15) is 26.4 Å². The summed E-state index contributed by atoms with van der Waals surface area (Å²) in [6.07, 6.45) is -5.79. The van der Waals surface area contributed by atoms with E-state index in [1.165, 1.54) is 6.07 Å². The van der Waals surface area contributed by atoms with Crippen molar-refractivity contribution in [2.24, 2.45) is 5.14 Å². The molecule has 1 aromatic rings. The third kappa shape index (κ3) is 6.35.